The Morgan fingerprint density at radius 2 is 1.61 bits per heavy atom. The molecule has 7 nitrogen and oxygen atoms in total. The lowest BCUT2D eigenvalue weighted by molar-refractivity contribution is 0.102. The van der Waals surface area contributed by atoms with E-state index in [9.17, 15) is 4.79 Å². The number of pyridine rings is 1. The van der Waals surface area contributed by atoms with Gasteiger partial charge in [0.15, 0.2) is 11.5 Å². The van der Waals surface area contributed by atoms with Crippen LogP contribution in [0.2, 0.25) is 0 Å². The van der Waals surface area contributed by atoms with Crippen molar-refractivity contribution in [1.29, 1.82) is 0 Å². The maximum atomic E-state index is 12.9. The van der Waals surface area contributed by atoms with E-state index in [1.54, 1.807) is 27.4 Å². The van der Waals surface area contributed by atoms with Crippen molar-refractivity contribution in [2.75, 3.05) is 39.7 Å². The Balaban J connectivity index is 1.15. The standard InChI is InChI=1S/C31H33N3O4/c1-36-28-19-27(33-26-9-5-4-8-25(26)28)31(35)32-24-12-10-21(11-13-24)7-6-15-34-16-14-22-17-29(37-2)30(38-3)18-23(22)20-34/h4-5,8-13,17-19H,6-7,14-16,20H2,1-3H3,(H,32,35). The highest BCUT2D eigenvalue weighted by atomic mass is 16.5. The molecule has 1 aromatic heterocycles. The first-order chi connectivity index (χ1) is 18.6. The van der Waals surface area contributed by atoms with Crippen LogP contribution in [-0.4, -0.2) is 50.2 Å². The van der Waals surface area contributed by atoms with Crippen LogP contribution in [0.15, 0.2) is 66.7 Å². The minimum absolute atomic E-state index is 0.263. The van der Waals surface area contributed by atoms with Crippen molar-refractivity contribution in [3.8, 4) is 17.2 Å². The Kier molecular flexibility index (Phi) is 7.75. The number of amides is 1. The lowest BCUT2D eigenvalue weighted by Gasteiger charge is -2.29. The van der Waals surface area contributed by atoms with Gasteiger partial charge < -0.3 is 19.5 Å². The van der Waals surface area contributed by atoms with Crippen LogP contribution in [-0.2, 0) is 19.4 Å². The summed E-state index contributed by atoms with van der Waals surface area (Å²) in [5.41, 5.74) is 5.69. The molecule has 4 aromatic rings. The molecule has 1 N–H and O–H groups in total. The van der Waals surface area contributed by atoms with E-state index < -0.39 is 0 Å². The number of hydrogen-bond donors (Lipinski definition) is 1. The Bertz CT molecular complexity index is 1440. The number of hydrogen-bond acceptors (Lipinski definition) is 6. The molecule has 5 rings (SSSR count). The number of methoxy groups -OCH3 is 3. The average Bonchev–Trinajstić information content (AvgIpc) is 2.96. The number of para-hydroxylation sites is 1. The second kappa shape index (κ2) is 11.5. The van der Waals surface area contributed by atoms with E-state index in [-0.39, 0.29) is 5.91 Å². The van der Waals surface area contributed by atoms with Crippen LogP contribution in [0.3, 0.4) is 0 Å². The van der Waals surface area contributed by atoms with Crippen molar-refractivity contribution >= 4 is 22.5 Å². The van der Waals surface area contributed by atoms with Gasteiger partial charge >= 0.3 is 0 Å². The van der Waals surface area contributed by atoms with Gasteiger partial charge in [0.25, 0.3) is 5.91 Å². The smallest absolute Gasteiger partial charge is 0.274 e. The van der Waals surface area contributed by atoms with Crippen LogP contribution in [0, 0.1) is 0 Å². The normalized spacial score (nSPS) is 13.1. The van der Waals surface area contributed by atoms with E-state index in [1.165, 1.54) is 16.7 Å². The molecular weight excluding hydrogens is 478 g/mol. The first kappa shape index (κ1) is 25.5. The molecule has 0 aliphatic carbocycles. The molecule has 0 atom stereocenters. The zero-order valence-electron chi connectivity index (χ0n) is 22.1. The van der Waals surface area contributed by atoms with Crippen LogP contribution >= 0.6 is 0 Å². The lowest BCUT2D eigenvalue weighted by Crippen LogP contribution is -2.31. The summed E-state index contributed by atoms with van der Waals surface area (Å²) in [7, 11) is 4.96. The van der Waals surface area contributed by atoms with Gasteiger partial charge in [0.05, 0.1) is 26.8 Å². The van der Waals surface area contributed by atoms with E-state index in [4.69, 9.17) is 14.2 Å². The molecule has 1 aliphatic rings. The second-order valence-corrected chi connectivity index (χ2v) is 9.48. The maximum Gasteiger partial charge on any atom is 0.274 e. The highest BCUT2D eigenvalue weighted by Crippen LogP contribution is 2.33. The zero-order valence-corrected chi connectivity index (χ0v) is 22.1. The fourth-order valence-corrected chi connectivity index (χ4v) is 5.02. The SMILES string of the molecule is COc1cc2c(cc1OC)CN(CCCc1ccc(NC(=O)c3cc(OC)c4ccccc4n3)cc1)CC2. The molecule has 0 saturated heterocycles. The fraction of sp³-hybridized carbons (Fsp3) is 0.290. The largest absolute Gasteiger partial charge is 0.496 e. The van der Waals surface area contributed by atoms with Crippen molar-refractivity contribution in [1.82, 2.24) is 9.88 Å². The van der Waals surface area contributed by atoms with Gasteiger partial charge in [-0.05, 0) is 78.9 Å². The molecule has 0 bridgehead atoms. The van der Waals surface area contributed by atoms with E-state index in [1.807, 2.05) is 36.4 Å². The molecule has 0 saturated carbocycles. The second-order valence-electron chi connectivity index (χ2n) is 9.48. The third kappa shape index (κ3) is 5.58. The third-order valence-electron chi connectivity index (χ3n) is 7.08. The average molecular weight is 512 g/mol. The molecule has 3 aromatic carbocycles. The molecule has 196 valence electrons. The number of nitrogens with one attached hydrogen (secondary N) is 1. The number of carbonyl (C=O) groups excluding carboxylic acids is 1. The Hall–Kier alpha value is -4.10. The summed E-state index contributed by atoms with van der Waals surface area (Å²) in [6, 6.07) is 21.6. The Morgan fingerprint density at radius 1 is 0.895 bits per heavy atom. The maximum absolute atomic E-state index is 12.9. The van der Waals surface area contributed by atoms with E-state index in [0.717, 1.165) is 67.0 Å². The lowest BCUT2D eigenvalue weighted by atomic mass is 9.98. The van der Waals surface area contributed by atoms with Crippen LogP contribution in [0.1, 0.15) is 33.6 Å². The van der Waals surface area contributed by atoms with E-state index in [2.05, 4.69) is 39.5 Å². The topological polar surface area (TPSA) is 72.9 Å². The van der Waals surface area contributed by atoms with Gasteiger partial charge in [0.1, 0.15) is 11.4 Å². The number of rotatable bonds is 9. The Morgan fingerprint density at radius 3 is 2.34 bits per heavy atom. The number of aromatic nitrogens is 1. The van der Waals surface area contributed by atoms with Gasteiger partial charge in [-0.1, -0.05) is 24.3 Å². The summed E-state index contributed by atoms with van der Waals surface area (Å²) in [6.07, 6.45) is 3.06. The molecule has 1 amide bonds. The molecule has 0 fully saturated rings. The quantitative estimate of drug-likeness (QED) is 0.320. The van der Waals surface area contributed by atoms with Crippen LogP contribution in [0.25, 0.3) is 10.9 Å². The van der Waals surface area contributed by atoms with E-state index >= 15 is 0 Å². The summed E-state index contributed by atoms with van der Waals surface area (Å²) in [4.78, 5) is 19.9. The molecule has 0 unspecified atom stereocenters. The highest BCUT2D eigenvalue weighted by Gasteiger charge is 2.19. The predicted molar refractivity (Wildman–Crippen MR) is 150 cm³/mol. The highest BCUT2D eigenvalue weighted by molar-refractivity contribution is 6.05. The summed E-state index contributed by atoms with van der Waals surface area (Å²) in [6.45, 7) is 3.00. The molecule has 0 radical (unpaired) electrons. The van der Waals surface area contributed by atoms with Gasteiger partial charge in [0, 0.05) is 30.2 Å². The van der Waals surface area contributed by atoms with Crippen molar-refractivity contribution in [2.45, 2.75) is 25.8 Å². The first-order valence-electron chi connectivity index (χ1n) is 12.9. The molecular formula is C31H33N3O4. The number of ether oxygens (including phenoxy) is 3. The monoisotopic (exact) mass is 511 g/mol. The van der Waals surface area contributed by atoms with Crippen LogP contribution in [0.4, 0.5) is 5.69 Å². The number of nitrogens with zero attached hydrogens (tertiary/aromatic N) is 2. The summed E-state index contributed by atoms with van der Waals surface area (Å²) in [5.74, 6) is 1.96. The molecule has 38 heavy (non-hydrogen) atoms. The summed E-state index contributed by atoms with van der Waals surface area (Å²) < 4.78 is 16.4. The molecule has 0 spiro atoms. The van der Waals surface area contributed by atoms with Crippen molar-refractivity contribution < 1.29 is 19.0 Å². The first-order valence-corrected chi connectivity index (χ1v) is 12.9. The minimum atomic E-state index is -0.263. The predicted octanol–water partition coefficient (Wildman–Crippen LogP) is 5.50. The summed E-state index contributed by atoms with van der Waals surface area (Å²) >= 11 is 0. The number of fused-ring (bicyclic) bond motifs is 2. The number of benzene rings is 3. The molecule has 1 aliphatic heterocycles. The minimum Gasteiger partial charge on any atom is -0.496 e. The van der Waals surface area contributed by atoms with Gasteiger partial charge in [-0.15, -0.1) is 0 Å². The van der Waals surface area contributed by atoms with Crippen LogP contribution in [0.5, 0.6) is 17.2 Å². The van der Waals surface area contributed by atoms with Crippen molar-refractivity contribution in [3.63, 3.8) is 0 Å². The van der Waals surface area contributed by atoms with Gasteiger partial charge in [-0.3, -0.25) is 9.69 Å². The molecule has 2 heterocycles. The number of anilines is 1. The summed E-state index contributed by atoms with van der Waals surface area (Å²) in [5, 5.41) is 3.83. The van der Waals surface area contributed by atoms with Crippen LogP contribution < -0.4 is 19.5 Å². The van der Waals surface area contributed by atoms with Crippen molar-refractivity contribution in [2.24, 2.45) is 0 Å². The van der Waals surface area contributed by atoms with Crippen molar-refractivity contribution in [3.05, 3.63) is 89.1 Å². The van der Waals surface area contributed by atoms with E-state index in [0.29, 0.717) is 11.4 Å². The Labute approximate surface area is 223 Å². The zero-order chi connectivity index (χ0) is 26.5. The number of aryl methyl sites for hydroxylation is 1. The fourth-order valence-electron chi connectivity index (χ4n) is 5.02. The van der Waals surface area contributed by atoms with Gasteiger partial charge in [0.2, 0.25) is 0 Å². The van der Waals surface area contributed by atoms with Gasteiger partial charge in [-0.2, -0.15) is 0 Å². The molecule has 7 heteroatoms. The third-order valence-corrected chi connectivity index (χ3v) is 7.08. The van der Waals surface area contributed by atoms with Gasteiger partial charge in [-0.25, -0.2) is 4.98 Å². The number of carbonyl (C=O) groups is 1.